The van der Waals surface area contributed by atoms with Crippen molar-refractivity contribution in [3.63, 3.8) is 0 Å². The highest BCUT2D eigenvalue weighted by Gasteiger charge is 2.27. The van der Waals surface area contributed by atoms with Gasteiger partial charge in [0.05, 0.1) is 35.5 Å². The first kappa shape index (κ1) is 20.3. The number of para-hydroxylation sites is 1. The molecule has 0 aliphatic carbocycles. The Morgan fingerprint density at radius 1 is 1.27 bits per heavy atom. The van der Waals surface area contributed by atoms with Crippen LogP contribution in [0.3, 0.4) is 0 Å². The van der Waals surface area contributed by atoms with E-state index in [0.717, 1.165) is 30.2 Å². The maximum absolute atomic E-state index is 12.3. The lowest BCUT2D eigenvalue weighted by atomic mass is 10.0. The highest BCUT2D eigenvalue weighted by atomic mass is 35.5. The molecule has 3 aromatic rings. The first-order chi connectivity index (χ1) is 14.5. The number of benzene rings is 2. The van der Waals surface area contributed by atoms with Gasteiger partial charge in [-0.1, -0.05) is 37.1 Å². The third-order valence-electron chi connectivity index (χ3n) is 5.28. The van der Waals surface area contributed by atoms with Crippen molar-refractivity contribution in [2.24, 2.45) is 0 Å². The van der Waals surface area contributed by atoms with Crippen LogP contribution in [0, 0.1) is 0 Å². The molecule has 0 amide bonds. The molecule has 1 aliphatic rings. The topological polar surface area (TPSA) is 69.0 Å². The van der Waals surface area contributed by atoms with E-state index in [9.17, 15) is 9.59 Å². The molecule has 1 aliphatic heterocycles. The van der Waals surface area contributed by atoms with Crippen LogP contribution in [0.15, 0.2) is 45.6 Å². The van der Waals surface area contributed by atoms with Gasteiger partial charge < -0.3 is 18.8 Å². The predicted octanol–water partition coefficient (Wildman–Crippen LogP) is 4.93. The average Bonchev–Trinajstić information content (AvgIpc) is 2.77. The molecule has 7 heteroatoms. The Hall–Kier alpha value is -2.99. The highest BCUT2D eigenvalue weighted by molar-refractivity contribution is 6.33. The van der Waals surface area contributed by atoms with Crippen LogP contribution < -0.4 is 15.3 Å². The first-order valence-electron chi connectivity index (χ1n) is 9.86. The van der Waals surface area contributed by atoms with E-state index < -0.39 is 11.6 Å². The number of anilines is 1. The molecular weight excluding hydrogens is 406 g/mol. The van der Waals surface area contributed by atoms with Crippen LogP contribution >= 0.6 is 11.6 Å². The van der Waals surface area contributed by atoms with Crippen LogP contribution in [0.4, 0.5) is 5.69 Å². The molecule has 0 saturated carbocycles. The molecule has 0 saturated heterocycles. The van der Waals surface area contributed by atoms with Crippen molar-refractivity contribution < 1.29 is 18.7 Å². The van der Waals surface area contributed by atoms with E-state index in [1.807, 2.05) is 23.1 Å². The van der Waals surface area contributed by atoms with Gasteiger partial charge in [-0.05, 0) is 36.6 Å². The van der Waals surface area contributed by atoms with Crippen LogP contribution in [0.1, 0.15) is 41.3 Å². The second-order valence-corrected chi connectivity index (χ2v) is 7.62. The van der Waals surface area contributed by atoms with Crippen molar-refractivity contribution in [2.75, 3.05) is 18.7 Å². The number of carbonyl (C=O) groups excluding carboxylic acids is 1. The lowest BCUT2D eigenvalue weighted by molar-refractivity contribution is 0.0601. The monoisotopic (exact) mass is 427 g/mol. The standard InChI is InChI=1S/C23H22ClNO5/c1-3-4-7-14-10-20(26)30-21-16(14)11-18(24)22-17(21)12-25(13-29-22)19-9-6-5-8-15(19)23(27)28-2/h5-6,8-11H,3-4,7,12-13H2,1-2H3. The summed E-state index contributed by atoms with van der Waals surface area (Å²) in [6.07, 6.45) is 2.74. The molecule has 4 rings (SSSR count). The number of rotatable bonds is 5. The summed E-state index contributed by atoms with van der Waals surface area (Å²) in [6, 6.07) is 10.5. The van der Waals surface area contributed by atoms with Gasteiger partial charge in [-0.15, -0.1) is 0 Å². The van der Waals surface area contributed by atoms with E-state index in [0.29, 0.717) is 39.7 Å². The Kier molecular flexibility index (Phi) is 5.68. The molecule has 0 bridgehead atoms. The number of carbonyl (C=O) groups is 1. The summed E-state index contributed by atoms with van der Waals surface area (Å²) in [4.78, 5) is 26.4. The minimum atomic E-state index is -0.430. The van der Waals surface area contributed by atoms with Crippen LogP contribution in [0.5, 0.6) is 5.75 Å². The van der Waals surface area contributed by atoms with Crippen LogP contribution in [0.2, 0.25) is 5.02 Å². The molecule has 0 fully saturated rings. The summed E-state index contributed by atoms with van der Waals surface area (Å²) < 4.78 is 16.5. The number of hydrogen-bond donors (Lipinski definition) is 0. The minimum absolute atomic E-state index is 0.200. The second-order valence-electron chi connectivity index (χ2n) is 7.22. The van der Waals surface area contributed by atoms with E-state index in [4.69, 9.17) is 25.5 Å². The van der Waals surface area contributed by atoms with Gasteiger partial charge in [-0.3, -0.25) is 0 Å². The number of halogens is 1. The van der Waals surface area contributed by atoms with E-state index in [-0.39, 0.29) is 6.73 Å². The SMILES string of the molecule is CCCCc1cc(=O)oc2c3c(c(Cl)cc12)OCN(c1ccccc1C(=O)OC)C3. The molecular formula is C23H22ClNO5. The number of esters is 1. The Morgan fingerprint density at radius 3 is 2.83 bits per heavy atom. The van der Waals surface area contributed by atoms with Crippen molar-refractivity contribution in [3.8, 4) is 5.75 Å². The van der Waals surface area contributed by atoms with Crippen molar-refractivity contribution >= 4 is 34.2 Å². The van der Waals surface area contributed by atoms with Gasteiger partial charge in [0.15, 0.2) is 6.73 Å². The predicted molar refractivity (Wildman–Crippen MR) is 116 cm³/mol. The summed E-state index contributed by atoms with van der Waals surface area (Å²) in [5.74, 6) is 0.0764. The molecule has 0 N–H and O–H groups in total. The number of aryl methyl sites for hydroxylation is 1. The third-order valence-corrected chi connectivity index (χ3v) is 5.57. The quantitative estimate of drug-likeness (QED) is 0.424. The fraction of sp³-hybridized carbons (Fsp3) is 0.304. The van der Waals surface area contributed by atoms with Gasteiger partial charge in [0.1, 0.15) is 11.3 Å². The minimum Gasteiger partial charge on any atom is -0.471 e. The fourth-order valence-corrected chi connectivity index (χ4v) is 4.09. The van der Waals surface area contributed by atoms with Gasteiger partial charge in [-0.25, -0.2) is 9.59 Å². The third kappa shape index (κ3) is 3.63. The maximum Gasteiger partial charge on any atom is 0.339 e. The lowest BCUT2D eigenvalue weighted by Crippen LogP contribution is -2.33. The molecule has 1 aromatic heterocycles. The molecule has 0 radical (unpaired) electrons. The number of methoxy groups -OCH3 is 1. The number of unbranched alkanes of at least 4 members (excludes halogenated alkanes) is 1. The zero-order valence-corrected chi connectivity index (χ0v) is 17.6. The van der Waals surface area contributed by atoms with E-state index in [1.54, 1.807) is 12.1 Å². The molecule has 2 aromatic carbocycles. The molecule has 2 heterocycles. The lowest BCUT2D eigenvalue weighted by Gasteiger charge is -2.32. The van der Waals surface area contributed by atoms with E-state index >= 15 is 0 Å². The normalized spacial score (nSPS) is 13.1. The van der Waals surface area contributed by atoms with Gasteiger partial charge in [0.2, 0.25) is 0 Å². The van der Waals surface area contributed by atoms with Gasteiger partial charge >= 0.3 is 11.6 Å². The zero-order chi connectivity index (χ0) is 21.3. The summed E-state index contributed by atoms with van der Waals surface area (Å²) in [7, 11) is 1.35. The smallest absolute Gasteiger partial charge is 0.339 e. The Labute approximate surface area is 179 Å². The van der Waals surface area contributed by atoms with E-state index in [1.165, 1.54) is 13.2 Å². The van der Waals surface area contributed by atoms with Crippen LogP contribution in [-0.2, 0) is 17.7 Å². The molecule has 156 valence electrons. The number of nitrogens with zero attached hydrogens (tertiary/aromatic N) is 1. The van der Waals surface area contributed by atoms with Gasteiger partial charge in [0.25, 0.3) is 0 Å². The first-order valence-corrected chi connectivity index (χ1v) is 10.2. The Morgan fingerprint density at radius 2 is 2.07 bits per heavy atom. The average molecular weight is 428 g/mol. The molecule has 0 atom stereocenters. The number of hydrogen-bond acceptors (Lipinski definition) is 6. The Balaban J connectivity index is 1.84. The molecule has 6 nitrogen and oxygen atoms in total. The second kappa shape index (κ2) is 8.40. The fourth-order valence-electron chi connectivity index (χ4n) is 3.81. The van der Waals surface area contributed by atoms with Crippen molar-refractivity contribution in [2.45, 2.75) is 32.7 Å². The van der Waals surface area contributed by atoms with Crippen molar-refractivity contribution in [1.29, 1.82) is 0 Å². The molecule has 0 spiro atoms. The number of ether oxygens (including phenoxy) is 2. The highest BCUT2D eigenvalue weighted by Crippen LogP contribution is 2.41. The summed E-state index contributed by atoms with van der Waals surface area (Å²) >= 11 is 6.53. The van der Waals surface area contributed by atoms with Gasteiger partial charge in [-0.2, -0.15) is 0 Å². The van der Waals surface area contributed by atoms with Crippen LogP contribution in [-0.4, -0.2) is 19.8 Å². The molecule has 30 heavy (non-hydrogen) atoms. The van der Waals surface area contributed by atoms with Crippen molar-refractivity contribution in [1.82, 2.24) is 0 Å². The van der Waals surface area contributed by atoms with Crippen molar-refractivity contribution in [3.05, 3.63) is 68.5 Å². The maximum atomic E-state index is 12.3. The van der Waals surface area contributed by atoms with Gasteiger partial charge in [0, 0.05) is 11.5 Å². The number of fused-ring (bicyclic) bond motifs is 3. The summed E-state index contributed by atoms with van der Waals surface area (Å²) in [5.41, 5.74) is 2.80. The largest absolute Gasteiger partial charge is 0.471 e. The zero-order valence-electron chi connectivity index (χ0n) is 16.9. The summed E-state index contributed by atoms with van der Waals surface area (Å²) in [6.45, 7) is 2.68. The Bertz CT molecular complexity index is 1170. The summed E-state index contributed by atoms with van der Waals surface area (Å²) in [5, 5.41) is 1.29. The molecule has 0 unspecified atom stereocenters. The van der Waals surface area contributed by atoms with E-state index in [2.05, 4.69) is 6.92 Å². The van der Waals surface area contributed by atoms with Crippen LogP contribution in [0.25, 0.3) is 11.0 Å².